The Morgan fingerprint density at radius 3 is 2.79 bits per heavy atom. The van der Waals surface area contributed by atoms with Gasteiger partial charge >= 0.3 is 0 Å². The van der Waals surface area contributed by atoms with Gasteiger partial charge in [-0.25, -0.2) is 4.98 Å². The van der Waals surface area contributed by atoms with Crippen LogP contribution in [0.25, 0.3) is 0 Å². The molecule has 0 unspecified atom stereocenters. The monoisotopic (exact) mass is 191 g/mol. The lowest BCUT2D eigenvalue weighted by atomic mass is 10.1. The Bertz CT molecular complexity index is 292. The Balaban J connectivity index is 2.13. The van der Waals surface area contributed by atoms with Crippen molar-refractivity contribution < 1.29 is 0 Å². The second-order valence-corrected chi connectivity index (χ2v) is 3.77. The zero-order valence-corrected chi connectivity index (χ0v) is 8.45. The Morgan fingerprint density at radius 2 is 2.07 bits per heavy atom. The summed E-state index contributed by atoms with van der Waals surface area (Å²) in [6, 6.07) is 4.08. The lowest BCUT2D eigenvalue weighted by Gasteiger charge is -2.27. The van der Waals surface area contributed by atoms with E-state index in [0.29, 0.717) is 6.54 Å². The highest BCUT2D eigenvalue weighted by molar-refractivity contribution is 5.41. The molecule has 1 aromatic rings. The SMILES string of the molecule is NCc1ccnc(N2CCCCC2)c1. The van der Waals surface area contributed by atoms with Crippen molar-refractivity contribution in [2.24, 2.45) is 5.73 Å². The fourth-order valence-electron chi connectivity index (χ4n) is 1.88. The van der Waals surface area contributed by atoms with Crippen molar-refractivity contribution in [3.63, 3.8) is 0 Å². The normalized spacial score (nSPS) is 17.1. The molecule has 0 radical (unpaired) electrons. The molecule has 2 heterocycles. The van der Waals surface area contributed by atoms with E-state index in [-0.39, 0.29) is 0 Å². The van der Waals surface area contributed by atoms with E-state index in [9.17, 15) is 0 Å². The fourth-order valence-corrected chi connectivity index (χ4v) is 1.88. The van der Waals surface area contributed by atoms with Gasteiger partial charge in [0.15, 0.2) is 0 Å². The summed E-state index contributed by atoms with van der Waals surface area (Å²) in [5.74, 6) is 1.09. The average molecular weight is 191 g/mol. The number of hydrogen-bond acceptors (Lipinski definition) is 3. The van der Waals surface area contributed by atoms with Crippen LogP contribution in [0.15, 0.2) is 18.3 Å². The van der Waals surface area contributed by atoms with Gasteiger partial charge in [0.25, 0.3) is 0 Å². The molecule has 2 N–H and O–H groups in total. The molecule has 0 aliphatic carbocycles. The maximum Gasteiger partial charge on any atom is 0.128 e. The standard InChI is InChI=1S/C11H17N3/c12-9-10-4-5-13-11(8-10)14-6-2-1-3-7-14/h4-5,8H,1-3,6-7,9,12H2. The molecule has 0 atom stereocenters. The first-order valence-electron chi connectivity index (χ1n) is 5.30. The van der Waals surface area contributed by atoms with Crippen LogP contribution >= 0.6 is 0 Å². The Labute approximate surface area is 84.9 Å². The van der Waals surface area contributed by atoms with Gasteiger partial charge < -0.3 is 10.6 Å². The summed E-state index contributed by atoms with van der Waals surface area (Å²) in [6.45, 7) is 2.88. The minimum absolute atomic E-state index is 0.601. The summed E-state index contributed by atoms with van der Waals surface area (Å²) in [6.07, 6.45) is 5.78. The van der Waals surface area contributed by atoms with E-state index in [1.165, 1.54) is 24.8 Å². The second-order valence-electron chi connectivity index (χ2n) is 3.77. The summed E-state index contributed by atoms with van der Waals surface area (Å²) < 4.78 is 0. The van der Waals surface area contributed by atoms with Gasteiger partial charge in [0.05, 0.1) is 0 Å². The van der Waals surface area contributed by atoms with Crippen molar-refractivity contribution in [3.8, 4) is 0 Å². The number of piperidine rings is 1. The molecule has 2 rings (SSSR count). The molecule has 1 fully saturated rings. The predicted octanol–water partition coefficient (Wildman–Crippen LogP) is 1.53. The molecular formula is C11H17N3. The molecule has 0 aromatic carbocycles. The molecule has 0 amide bonds. The largest absolute Gasteiger partial charge is 0.357 e. The number of anilines is 1. The molecule has 1 saturated heterocycles. The molecular weight excluding hydrogens is 174 g/mol. The minimum Gasteiger partial charge on any atom is -0.357 e. The van der Waals surface area contributed by atoms with Crippen LogP contribution in [0.2, 0.25) is 0 Å². The van der Waals surface area contributed by atoms with Gasteiger partial charge in [-0.1, -0.05) is 0 Å². The summed E-state index contributed by atoms with van der Waals surface area (Å²) in [5, 5.41) is 0. The summed E-state index contributed by atoms with van der Waals surface area (Å²) in [5.41, 5.74) is 6.77. The second kappa shape index (κ2) is 4.42. The van der Waals surface area contributed by atoms with Crippen LogP contribution in [0, 0.1) is 0 Å². The van der Waals surface area contributed by atoms with Gasteiger partial charge in [0.2, 0.25) is 0 Å². The first-order valence-corrected chi connectivity index (χ1v) is 5.30. The van der Waals surface area contributed by atoms with Crippen LogP contribution in [0.3, 0.4) is 0 Å². The quantitative estimate of drug-likeness (QED) is 0.771. The van der Waals surface area contributed by atoms with E-state index in [1.807, 2.05) is 12.3 Å². The molecule has 0 bridgehead atoms. The van der Waals surface area contributed by atoms with Crippen molar-refractivity contribution in [1.82, 2.24) is 4.98 Å². The Kier molecular flexibility index (Phi) is 2.99. The van der Waals surface area contributed by atoms with Crippen LogP contribution in [-0.2, 0) is 6.54 Å². The topological polar surface area (TPSA) is 42.1 Å². The third-order valence-corrected chi connectivity index (χ3v) is 2.73. The molecule has 0 saturated carbocycles. The molecule has 1 aliphatic rings. The van der Waals surface area contributed by atoms with Gasteiger partial charge in [-0.15, -0.1) is 0 Å². The molecule has 14 heavy (non-hydrogen) atoms. The van der Waals surface area contributed by atoms with E-state index in [1.54, 1.807) is 0 Å². The van der Waals surface area contributed by atoms with Crippen molar-refractivity contribution >= 4 is 5.82 Å². The van der Waals surface area contributed by atoms with Gasteiger partial charge in [-0.2, -0.15) is 0 Å². The lowest BCUT2D eigenvalue weighted by Crippen LogP contribution is -2.30. The van der Waals surface area contributed by atoms with Crippen LogP contribution in [0.1, 0.15) is 24.8 Å². The van der Waals surface area contributed by atoms with Crippen LogP contribution in [0.5, 0.6) is 0 Å². The number of rotatable bonds is 2. The summed E-state index contributed by atoms with van der Waals surface area (Å²) in [7, 11) is 0. The smallest absolute Gasteiger partial charge is 0.128 e. The van der Waals surface area contributed by atoms with Crippen molar-refractivity contribution in [2.45, 2.75) is 25.8 Å². The Hall–Kier alpha value is -1.09. The first kappa shape index (κ1) is 9.46. The highest BCUT2D eigenvalue weighted by Crippen LogP contribution is 2.17. The zero-order valence-electron chi connectivity index (χ0n) is 8.45. The van der Waals surface area contributed by atoms with Crippen molar-refractivity contribution in [1.29, 1.82) is 0 Å². The van der Waals surface area contributed by atoms with E-state index in [2.05, 4.69) is 16.0 Å². The van der Waals surface area contributed by atoms with Crippen molar-refractivity contribution in [3.05, 3.63) is 23.9 Å². The molecule has 1 aromatic heterocycles. The highest BCUT2D eigenvalue weighted by Gasteiger charge is 2.11. The van der Waals surface area contributed by atoms with E-state index >= 15 is 0 Å². The highest BCUT2D eigenvalue weighted by atomic mass is 15.2. The number of aromatic nitrogens is 1. The number of hydrogen-bond donors (Lipinski definition) is 1. The van der Waals surface area contributed by atoms with Gasteiger partial charge in [0, 0.05) is 25.8 Å². The third-order valence-electron chi connectivity index (χ3n) is 2.73. The van der Waals surface area contributed by atoms with Crippen molar-refractivity contribution in [2.75, 3.05) is 18.0 Å². The molecule has 3 nitrogen and oxygen atoms in total. The van der Waals surface area contributed by atoms with Crippen LogP contribution < -0.4 is 10.6 Å². The number of pyridine rings is 1. The molecule has 0 spiro atoms. The van der Waals surface area contributed by atoms with Crippen LogP contribution in [0.4, 0.5) is 5.82 Å². The van der Waals surface area contributed by atoms with E-state index in [0.717, 1.165) is 18.9 Å². The van der Waals surface area contributed by atoms with E-state index < -0.39 is 0 Å². The van der Waals surface area contributed by atoms with Gasteiger partial charge in [-0.3, -0.25) is 0 Å². The lowest BCUT2D eigenvalue weighted by molar-refractivity contribution is 0.573. The first-order chi connectivity index (χ1) is 6.90. The minimum atomic E-state index is 0.601. The summed E-state index contributed by atoms with van der Waals surface area (Å²) >= 11 is 0. The maximum atomic E-state index is 5.60. The van der Waals surface area contributed by atoms with Gasteiger partial charge in [-0.05, 0) is 37.0 Å². The van der Waals surface area contributed by atoms with E-state index in [4.69, 9.17) is 5.73 Å². The average Bonchev–Trinajstić information content (AvgIpc) is 2.30. The predicted molar refractivity (Wildman–Crippen MR) is 58.2 cm³/mol. The number of nitrogens with zero attached hydrogens (tertiary/aromatic N) is 2. The zero-order chi connectivity index (χ0) is 9.80. The van der Waals surface area contributed by atoms with Crippen LogP contribution in [-0.4, -0.2) is 18.1 Å². The Morgan fingerprint density at radius 1 is 1.29 bits per heavy atom. The third kappa shape index (κ3) is 2.04. The number of nitrogens with two attached hydrogens (primary N) is 1. The van der Waals surface area contributed by atoms with Gasteiger partial charge in [0.1, 0.15) is 5.82 Å². The summed E-state index contributed by atoms with van der Waals surface area (Å²) in [4.78, 5) is 6.73. The molecule has 76 valence electrons. The molecule has 1 aliphatic heterocycles. The fraction of sp³-hybridized carbons (Fsp3) is 0.545. The maximum absolute atomic E-state index is 5.60. The molecule has 3 heteroatoms.